The van der Waals surface area contributed by atoms with E-state index in [9.17, 15) is 9.90 Å². The van der Waals surface area contributed by atoms with Crippen LogP contribution in [0, 0.1) is 6.92 Å². The third kappa shape index (κ3) is 6.06. The first-order valence-electron chi connectivity index (χ1n) is 15.7. The zero-order chi connectivity index (χ0) is 30.8. The Balaban J connectivity index is 0.996. The van der Waals surface area contributed by atoms with Gasteiger partial charge in [-0.1, -0.05) is 29.8 Å². The summed E-state index contributed by atoms with van der Waals surface area (Å²) in [4.78, 5) is 28.8. The monoisotopic (exact) mass is 602 g/mol. The van der Waals surface area contributed by atoms with E-state index < -0.39 is 5.60 Å². The number of aromatic nitrogens is 4. The lowest BCUT2D eigenvalue weighted by Gasteiger charge is -2.39. The molecule has 0 aliphatic carbocycles. The van der Waals surface area contributed by atoms with Gasteiger partial charge in [-0.15, -0.1) is 5.10 Å². The van der Waals surface area contributed by atoms with Crippen molar-refractivity contribution in [2.45, 2.75) is 31.8 Å². The largest absolute Gasteiger partial charge is 0.385 e. The number of piperidine rings is 1. The molecule has 1 amide bonds. The summed E-state index contributed by atoms with van der Waals surface area (Å²) in [5.74, 6) is 0.530. The van der Waals surface area contributed by atoms with Gasteiger partial charge in [0.15, 0.2) is 5.65 Å². The Hall–Kier alpha value is -4.96. The van der Waals surface area contributed by atoms with Gasteiger partial charge in [-0.25, -0.2) is 4.52 Å². The van der Waals surface area contributed by atoms with E-state index in [-0.39, 0.29) is 5.91 Å². The zero-order valence-corrected chi connectivity index (χ0v) is 25.5. The van der Waals surface area contributed by atoms with Crippen molar-refractivity contribution in [1.82, 2.24) is 24.5 Å². The van der Waals surface area contributed by atoms with E-state index in [0.29, 0.717) is 44.0 Å². The summed E-state index contributed by atoms with van der Waals surface area (Å²) in [7, 11) is 0. The molecule has 2 saturated heterocycles. The fraction of sp³-hybridized carbons (Fsp3) is 0.314. The molecule has 230 valence electrons. The summed E-state index contributed by atoms with van der Waals surface area (Å²) < 4.78 is 1.78. The summed E-state index contributed by atoms with van der Waals surface area (Å²) in [6, 6.07) is 23.8. The van der Waals surface area contributed by atoms with Crippen LogP contribution in [-0.4, -0.2) is 74.8 Å². The molecule has 0 atom stereocenters. The van der Waals surface area contributed by atoms with Crippen LogP contribution in [0.25, 0.3) is 5.65 Å². The summed E-state index contributed by atoms with van der Waals surface area (Å²) in [5.41, 5.74) is 5.71. The Kier molecular flexibility index (Phi) is 7.81. The molecule has 2 fully saturated rings. The van der Waals surface area contributed by atoms with Gasteiger partial charge in [0.2, 0.25) is 5.95 Å². The van der Waals surface area contributed by atoms with Gasteiger partial charge in [0, 0.05) is 74.8 Å². The number of carbonyl (C=O) groups is 1. The van der Waals surface area contributed by atoms with Gasteiger partial charge in [0.25, 0.3) is 5.91 Å². The molecule has 0 unspecified atom stereocenters. The van der Waals surface area contributed by atoms with Crippen molar-refractivity contribution in [2.75, 3.05) is 54.4 Å². The van der Waals surface area contributed by atoms with Gasteiger partial charge in [0.1, 0.15) is 0 Å². The molecule has 45 heavy (non-hydrogen) atoms. The highest BCUT2D eigenvalue weighted by Crippen LogP contribution is 2.35. The lowest BCUT2D eigenvalue weighted by atomic mass is 9.84. The Morgan fingerprint density at radius 3 is 2.36 bits per heavy atom. The van der Waals surface area contributed by atoms with Crippen molar-refractivity contribution >= 4 is 34.6 Å². The number of hydrogen-bond acceptors (Lipinski definition) is 8. The number of fused-ring (bicyclic) bond motifs is 1. The highest BCUT2D eigenvalue weighted by atomic mass is 16.3. The molecule has 10 nitrogen and oxygen atoms in total. The van der Waals surface area contributed by atoms with Gasteiger partial charge in [-0.3, -0.25) is 9.78 Å². The third-order valence-corrected chi connectivity index (χ3v) is 9.06. The molecule has 5 aromatic rings. The van der Waals surface area contributed by atoms with Crippen molar-refractivity contribution in [3.05, 3.63) is 108 Å². The van der Waals surface area contributed by atoms with Gasteiger partial charge in [-0.2, -0.15) is 4.98 Å². The van der Waals surface area contributed by atoms with Crippen LogP contribution in [-0.2, 0) is 5.60 Å². The van der Waals surface area contributed by atoms with Crippen LogP contribution in [0.2, 0.25) is 0 Å². The SMILES string of the molecule is Cc1ccc(C2(O)CCN(c3cccn4nc(Nc5ccc(C(=O)N6CCCN(c7ccncc7)CC6)cc5)nc34)CC2)cc1. The smallest absolute Gasteiger partial charge is 0.253 e. The van der Waals surface area contributed by atoms with E-state index in [1.807, 2.05) is 78.1 Å². The highest BCUT2D eigenvalue weighted by Gasteiger charge is 2.34. The second kappa shape index (κ2) is 12.2. The number of nitrogens with one attached hydrogen (secondary N) is 1. The summed E-state index contributed by atoms with van der Waals surface area (Å²) >= 11 is 0. The lowest BCUT2D eigenvalue weighted by Crippen LogP contribution is -2.42. The minimum Gasteiger partial charge on any atom is -0.385 e. The Labute approximate surface area is 263 Å². The maximum absolute atomic E-state index is 13.3. The third-order valence-electron chi connectivity index (χ3n) is 9.06. The normalized spacial score (nSPS) is 16.9. The second-order valence-electron chi connectivity index (χ2n) is 12.0. The fourth-order valence-corrected chi connectivity index (χ4v) is 6.40. The quantitative estimate of drug-likeness (QED) is 0.280. The summed E-state index contributed by atoms with van der Waals surface area (Å²) in [6.45, 7) is 6.61. The number of aryl methyl sites for hydroxylation is 1. The molecule has 2 aliphatic rings. The minimum atomic E-state index is -0.823. The predicted molar refractivity (Wildman–Crippen MR) is 176 cm³/mol. The number of rotatable bonds is 6. The number of benzene rings is 2. The predicted octanol–water partition coefficient (Wildman–Crippen LogP) is 5.02. The van der Waals surface area contributed by atoms with Crippen molar-refractivity contribution in [3.63, 3.8) is 0 Å². The molecule has 7 rings (SSSR count). The number of carbonyl (C=O) groups excluding carboxylic acids is 1. The Bertz CT molecular complexity index is 1760. The van der Waals surface area contributed by atoms with Crippen molar-refractivity contribution in [1.29, 1.82) is 0 Å². The molecule has 5 heterocycles. The number of amides is 1. The Morgan fingerprint density at radius 2 is 1.60 bits per heavy atom. The van der Waals surface area contributed by atoms with Crippen LogP contribution in [0.15, 0.2) is 91.4 Å². The number of pyridine rings is 2. The van der Waals surface area contributed by atoms with Gasteiger partial charge in [0.05, 0.1) is 11.3 Å². The van der Waals surface area contributed by atoms with Gasteiger partial charge >= 0.3 is 0 Å². The number of anilines is 4. The second-order valence-corrected chi connectivity index (χ2v) is 12.0. The van der Waals surface area contributed by atoms with Crippen molar-refractivity contribution in [3.8, 4) is 0 Å². The number of nitrogens with zero attached hydrogens (tertiary/aromatic N) is 7. The van der Waals surface area contributed by atoms with Crippen LogP contribution < -0.4 is 15.1 Å². The molecule has 0 bridgehead atoms. The molecular weight excluding hydrogens is 564 g/mol. The van der Waals surface area contributed by atoms with Crippen LogP contribution in [0.1, 0.15) is 40.7 Å². The first-order chi connectivity index (χ1) is 21.9. The molecule has 3 aromatic heterocycles. The van der Waals surface area contributed by atoms with E-state index >= 15 is 0 Å². The standard InChI is InChI=1S/C35H38N8O2/c1-26-5-9-28(10-6-26)35(45)15-22-41(23-16-35)31-4-2-21-43-32(31)38-34(39-43)37-29-11-7-27(8-12-29)33(44)42-20-3-19-40(24-25-42)30-13-17-36-18-14-30/h2,4-14,17-18,21,45H,3,15-16,19-20,22-25H2,1H3,(H,37,39). The maximum Gasteiger partial charge on any atom is 0.253 e. The first-order valence-corrected chi connectivity index (χ1v) is 15.7. The van der Waals surface area contributed by atoms with Gasteiger partial charge < -0.3 is 25.1 Å². The molecule has 0 radical (unpaired) electrons. The van der Waals surface area contributed by atoms with Gasteiger partial charge in [-0.05, 0) is 80.3 Å². The Morgan fingerprint density at radius 1 is 0.844 bits per heavy atom. The van der Waals surface area contributed by atoms with E-state index in [1.54, 1.807) is 4.52 Å². The van der Waals surface area contributed by atoms with Crippen molar-refractivity contribution in [2.24, 2.45) is 0 Å². The molecule has 10 heteroatoms. The fourth-order valence-electron chi connectivity index (χ4n) is 6.40. The lowest BCUT2D eigenvalue weighted by molar-refractivity contribution is 0.0118. The topological polar surface area (TPSA) is 102 Å². The van der Waals surface area contributed by atoms with Crippen molar-refractivity contribution < 1.29 is 9.90 Å². The molecule has 0 spiro atoms. The van der Waals surface area contributed by atoms with E-state index in [1.165, 1.54) is 5.56 Å². The molecule has 2 N–H and O–H groups in total. The highest BCUT2D eigenvalue weighted by molar-refractivity contribution is 5.94. The van der Waals surface area contributed by atoms with E-state index in [2.05, 4.69) is 50.3 Å². The maximum atomic E-state index is 13.3. The summed E-state index contributed by atoms with van der Waals surface area (Å²) in [5, 5.41) is 19.3. The van der Waals surface area contributed by atoms with Crippen LogP contribution in [0.3, 0.4) is 0 Å². The number of hydrogen-bond donors (Lipinski definition) is 2. The average Bonchev–Trinajstić information content (AvgIpc) is 3.32. The molecule has 0 saturated carbocycles. The average molecular weight is 603 g/mol. The van der Waals surface area contributed by atoms with Crippen LogP contribution in [0.4, 0.5) is 23.0 Å². The molecule has 2 aromatic carbocycles. The van der Waals surface area contributed by atoms with Crippen LogP contribution >= 0.6 is 0 Å². The minimum absolute atomic E-state index is 0.0458. The molecular formula is C35H38N8O2. The van der Waals surface area contributed by atoms with Crippen LogP contribution in [0.5, 0.6) is 0 Å². The van der Waals surface area contributed by atoms with E-state index in [4.69, 9.17) is 4.98 Å². The number of aliphatic hydroxyl groups is 1. The summed E-state index contributed by atoms with van der Waals surface area (Å²) in [6.07, 6.45) is 7.70. The zero-order valence-electron chi connectivity index (χ0n) is 25.5. The molecule has 2 aliphatic heterocycles. The van der Waals surface area contributed by atoms with E-state index in [0.717, 1.165) is 54.3 Å². The first kappa shape index (κ1) is 28.8.